The summed E-state index contributed by atoms with van der Waals surface area (Å²) in [6.45, 7) is 4.30. The average molecular weight is 379 g/mol. The van der Waals surface area contributed by atoms with Crippen molar-refractivity contribution >= 4 is 15.9 Å². The molecule has 0 saturated carbocycles. The Morgan fingerprint density at radius 3 is 2.23 bits per heavy atom. The van der Waals surface area contributed by atoms with E-state index in [1.165, 1.54) is 4.31 Å². The molecule has 26 heavy (non-hydrogen) atoms. The zero-order valence-electron chi connectivity index (χ0n) is 14.9. The van der Waals surface area contributed by atoms with Crippen LogP contribution in [0.2, 0.25) is 0 Å². The summed E-state index contributed by atoms with van der Waals surface area (Å²) < 4.78 is 37.1. The van der Waals surface area contributed by atoms with Crippen molar-refractivity contribution in [2.45, 2.75) is 18.7 Å². The van der Waals surface area contributed by atoms with Crippen LogP contribution < -0.4 is 4.74 Å². The molecule has 0 bridgehead atoms. The van der Waals surface area contributed by atoms with Gasteiger partial charge in [0, 0.05) is 31.7 Å². The maximum atomic E-state index is 12.8. The van der Waals surface area contributed by atoms with Crippen LogP contribution in [0.3, 0.4) is 0 Å². The molecule has 0 spiro atoms. The Bertz CT molecular complexity index is 877. The number of hydrogen-bond donors (Lipinski definition) is 0. The Morgan fingerprint density at radius 2 is 1.73 bits per heavy atom. The Morgan fingerprint density at radius 1 is 1.12 bits per heavy atom. The molecule has 2 aromatic rings. The van der Waals surface area contributed by atoms with Crippen LogP contribution in [0.15, 0.2) is 33.7 Å². The van der Waals surface area contributed by atoms with E-state index in [4.69, 9.17) is 9.26 Å². The Hall–Kier alpha value is -2.39. The van der Waals surface area contributed by atoms with Crippen molar-refractivity contribution in [3.63, 3.8) is 0 Å². The van der Waals surface area contributed by atoms with Crippen LogP contribution in [-0.2, 0) is 10.0 Å². The number of piperazine rings is 1. The second-order valence-corrected chi connectivity index (χ2v) is 7.95. The van der Waals surface area contributed by atoms with Gasteiger partial charge in [0.2, 0.25) is 10.0 Å². The minimum absolute atomic E-state index is 0.118. The molecule has 0 unspecified atom stereocenters. The molecule has 1 aromatic carbocycles. The molecule has 9 heteroatoms. The third kappa shape index (κ3) is 3.32. The number of benzene rings is 1. The van der Waals surface area contributed by atoms with Gasteiger partial charge in [-0.1, -0.05) is 5.16 Å². The van der Waals surface area contributed by atoms with Crippen molar-refractivity contribution in [3.05, 3.63) is 41.3 Å². The molecule has 0 radical (unpaired) electrons. The number of rotatable bonds is 4. The van der Waals surface area contributed by atoms with Gasteiger partial charge in [-0.15, -0.1) is 0 Å². The number of ether oxygens (including phenoxy) is 1. The molecule has 8 nitrogen and oxygen atoms in total. The highest BCUT2D eigenvalue weighted by Gasteiger charge is 2.34. The molecule has 140 valence electrons. The molecule has 1 amide bonds. The van der Waals surface area contributed by atoms with Gasteiger partial charge >= 0.3 is 0 Å². The number of methoxy groups -OCH3 is 1. The molecular weight excluding hydrogens is 358 g/mol. The highest BCUT2D eigenvalue weighted by Crippen LogP contribution is 2.24. The average Bonchev–Trinajstić information content (AvgIpc) is 3.00. The topological polar surface area (TPSA) is 93.0 Å². The molecule has 1 fully saturated rings. The van der Waals surface area contributed by atoms with Crippen molar-refractivity contribution in [1.29, 1.82) is 0 Å². The van der Waals surface area contributed by atoms with Gasteiger partial charge < -0.3 is 14.2 Å². The highest BCUT2D eigenvalue weighted by molar-refractivity contribution is 7.89. The van der Waals surface area contributed by atoms with E-state index in [-0.39, 0.29) is 29.7 Å². The summed E-state index contributed by atoms with van der Waals surface area (Å²) >= 11 is 0. The van der Waals surface area contributed by atoms with Crippen molar-refractivity contribution < 1.29 is 22.5 Å². The SMILES string of the molecule is COc1ccc(C(=O)N2CCN(S(=O)(=O)c3c(C)noc3C)CC2)cc1. The molecule has 0 N–H and O–H groups in total. The Balaban J connectivity index is 1.69. The lowest BCUT2D eigenvalue weighted by Gasteiger charge is -2.34. The molecule has 0 aliphatic carbocycles. The van der Waals surface area contributed by atoms with Crippen LogP contribution in [-0.4, -0.2) is 62.0 Å². The third-order valence-corrected chi connectivity index (χ3v) is 6.57. The summed E-state index contributed by atoms with van der Waals surface area (Å²) in [7, 11) is -2.12. The fraction of sp³-hybridized carbons (Fsp3) is 0.412. The number of carbonyl (C=O) groups is 1. The molecular formula is C17H21N3O5S. The molecule has 1 aromatic heterocycles. The summed E-state index contributed by atoms with van der Waals surface area (Å²) in [6.07, 6.45) is 0. The second kappa shape index (κ2) is 7.08. The monoisotopic (exact) mass is 379 g/mol. The van der Waals surface area contributed by atoms with E-state index in [9.17, 15) is 13.2 Å². The summed E-state index contributed by atoms with van der Waals surface area (Å²) in [5.74, 6) is 0.832. The maximum absolute atomic E-state index is 12.8. The van der Waals surface area contributed by atoms with E-state index in [1.54, 1.807) is 50.1 Å². The van der Waals surface area contributed by atoms with Crippen LogP contribution in [0.4, 0.5) is 0 Å². The number of aromatic nitrogens is 1. The quantitative estimate of drug-likeness (QED) is 0.798. The largest absolute Gasteiger partial charge is 0.497 e. The lowest BCUT2D eigenvalue weighted by Crippen LogP contribution is -2.50. The van der Waals surface area contributed by atoms with Gasteiger partial charge in [0.05, 0.1) is 7.11 Å². The first-order valence-electron chi connectivity index (χ1n) is 8.21. The van der Waals surface area contributed by atoms with Crippen molar-refractivity contribution in [1.82, 2.24) is 14.4 Å². The normalized spacial score (nSPS) is 15.9. The van der Waals surface area contributed by atoms with Crippen LogP contribution in [0, 0.1) is 13.8 Å². The third-order valence-electron chi connectivity index (χ3n) is 4.43. The Kier molecular flexibility index (Phi) is 5.01. The first-order chi connectivity index (χ1) is 12.3. The van der Waals surface area contributed by atoms with Gasteiger partial charge in [-0.25, -0.2) is 8.42 Å². The van der Waals surface area contributed by atoms with Crippen molar-refractivity contribution in [2.24, 2.45) is 0 Å². The summed E-state index contributed by atoms with van der Waals surface area (Å²) in [5.41, 5.74) is 0.895. The highest BCUT2D eigenvalue weighted by atomic mass is 32.2. The van der Waals surface area contributed by atoms with Crippen LogP contribution in [0.25, 0.3) is 0 Å². The van der Waals surface area contributed by atoms with Gasteiger partial charge in [-0.3, -0.25) is 4.79 Å². The van der Waals surface area contributed by atoms with Crippen LogP contribution >= 0.6 is 0 Å². The molecule has 3 rings (SSSR count). The number of amides is 1. The van der Waals surface area contributed by atoms with Crippen LogP contribution in [0.5, 0.6) is 5.75 Å². The van der Waals surface area contributed by atoms with Gasteiger partial charge in [-0.2, -0.15) is 4.31 Å². The lowest BCUT2D eigenvalue weighted by molar-refractivity contribution is 0.0697. The van der Waals surface area contributed by atoms with E-state index in [0.29, 0.717) is 30.1 Å². The zero-order valence-corrected chi connectivity index (χ0v) is 15.7. The molecule has 0 atom stereocenters. The smallest absolute Gasteiger partial charge is 0.253 e. The number of aryl methyl sites for hydroxylation is 2. The number of sulfonamides is 1. The summed E-state index contributed by atoms with van der Waals surface area (Å²) in [4.78, 5) is 14.4. The second-order valence-electron chi connectivity index (χ2n) is 6.08. The van der Waals surface area contributed by atoms with Crippen molar-refractivity contribution in [2.75, 3.05) is 33.3 Å². The number of hydrogen-bond acceptors (Lipinski definition) is 6. The maximum Gasteiger partial charge on any atom is 0.253 e. The fourth-order valence-electron chi connectivity index (χ4n) is 3.02. The van der Waals surface area contributed by atoms with E-state index in [0.717, 1.165) is 0 Å². The fourth-order valence-corrected chi connectivity index (χ4v) is 4.73. The number of nitrogens with zero attached hydrogens (tertiary/aromatic N) is 3. The van der Waals surface area contributed by atoms with Gasteiger partial charge in [0.15, 0.2) is 5.76 Å². The first kappa shape index (κ1) is 18.4. The zero-order chi connectivity index (χ0) is 18.9. The lowest BCUT2D eigenvalue weighted by atomic mass is 10.2. The minimum atomic E-state index is -3.68. The standard InChI is InChI=1S/C17H21N3O5S/c1-12-16(13(2)25-18-12)26(22,23)20-10-8-19(9-11-20)17(21)14-4-6-15(24-3)7-5-14/h4-7H,8-11H2,1-3H3. The van der Waals surface area contributed by atoms with E-state index in [1.807, 2.05) is 0 Å². The van der Waals surface area contributed by atoms with E-state index >= 15 is 0 Å². The molecule has 1 saturated heterocycles. The summed E-state index contributed by atoms with van der Waals surface area (Å²) in [5, 5.41) is 3.72. The van der Waals surface area contributed by atoms with Crippen LogP contribution in [0.1, 0.15) is 21.8 Å². The van der Waals surface area contributed by atoms with Gasteiger partial charge in [-0.05, 0) is 38.1 Å². The minimum Gasteiger partial charge on any atom is -0.497 e. The predicted molar refractivity (Wildman–Crippen MR) is 93.6 cm³/mol. The predicted octanol–water partition coefficient (Wildman–Crippen LogP) is 1.45. The van der Waals surface area contributed by atoms with Gasteiger partial charge in [0.1, 0.15) is 16.3 Å². The van der Waals surface area contributed by atoms with Crippen molar-refractivity contribution in [3.8, 4) is 5.75 Å². The summed E-state index contributed by atoms with van der Waals surface area (Å²) in [6, 6.07) is 6.86. The molecule has 2 heterocycles. The van der Waals surface area contributed by atoms with E-state index in [2.05, 4.69) is 5.16 Å². The Labute approximate surface area is 152 Å². The molecule has 1 aliphatic heterocycles. The molecule has 1 aliphatic rings. The van der Waals surface area contributed by atoms with Gasteiger partial charge in [0.25, 0.3) is 5.91 Å². The number of carbonyl (C=O) groups excluding carboxylic acids is 1. The first-order valence-corrected chi connectivity index (χ1v) is 9.65. The van der Waals surface area contributed by atoms with E-state index < -0.39 is 10.0 Å².